The van der Waals surface area contributed by atoms with Crippen LogP contribution in [0.3, 0.4) is 0 Å². The van der Waals surface area contributed by atoms with Crippen molar-refractivity contribution in [3.05, 3.63) is 64.2 Å². The first-order valence-electron chi connectivity index (χ1n) is 10.7. The number of para-hydroxylation sites is 2. The molecule has 3 heterocycles. The Morgan fingerprint density at radius 3 is 2.58 bits per heavy atom. The lowest BCUT2D eigenvalue weighted by Gasteiger charge is -2.10. The van der Waals surface area contributed by atoms with E-state index in [2.05, 4.69) is 4.98 Å². The number of nitrogens with zero attached hydrogens (tertiary/aromatic N) is 5. The van der Waals surface area contributed by atoms with E-state index in [9.17, 15) is 4.79 Å². The molecule has 5 aromatic rings. The number of aromatic nitrogens is 5. The van der Waals surface area contributed by atoms with Crippen LogP contribution in [-0.4, -0.2) is 44.4 Å². The Hall–Kier alpha value is -3.49. The maximum atomic E-state index is 13.5. The molecule has 0 saturated carbocycles. The first kappa shape index (κ1) is 21.4. The quantitative estimate of drug-likeness (QED) is 0.333. The average molecular weight is 464 g/mol. The number of halogens is 1. The van der Waals surface area contributed by atoms with Gasteiger partial charge in [-0.15, -0.1) is 0 Å². The maximum absolute atomic E-state index is 13.5. The first-order valence-corrected chi connectivity index (χ1v) is 11.1. The van der Waals surface area contributed by atoms with Crippen molar-refractivity contribution >= 4 is 44.8 Å². The van der Waals surface area contributed by atoms with E-state index in [1.807, 2.05) is 41.8 Å². The lowest BCUT2D eigenvalue weighted by Crippen LogP contribution is -2.21. The molecular weight excluding hydrogens is 442 g/mol. The van der Waals surface area contributed by atoms with Crippen LogP contribution >= 0.6 is 11.6 Å². The molecule has 0 atom stereocenters. The van der Waals surface area contributed by atoms with Crippen molar-refractivity contribution in [3.63, 3.8) is 0 Å². The second-order valence-corrected chi connectivity index (χ2v) is 7.94. The fourth-order valence-corrected chi connectivity index (χ4v) is 4.20. The molecule has 0 aliphatic heterocycles. The zero-order valence-electron chi connectivity index (χ0n) is 18.3. The summed E-state index contributed by atoms with van der Waals surface area (Å²) >= 11 is 6.41. The van der Waals surface area contributed by atoms with E-state index in [0.717, 1.165) is 5.52 Å². The zero-order valence-corrected chi connectivity index (χ0v) is 19.0. The number of aryl methyl sites for hydroxylation is 1. The Morgan fingerprint density at radius 2 is 1.85 bits per heavy atom. The van der Waals surface area contributed by atoms with Crippen LogP contribution in [0.5, 0.6) is 5.75 Å². The van der Waals surface area contributed by atoms with Gasteiger partial charge in [-0.3, -0.25) is 13.9 Å². The lowest BCUT2D eigenvalue weighted by atomic mass is 10.3. The molecule has 0 N–H and O–H groups in total. The van der Waals surface area contributed by atoms with Crippen molar-refractivity contribution in [2.45, 2.75) is 19.9 Å². The minimum absolute atomic E-state index is 0.163. The fourth-order valence-electron chi connectivity index (χ4n) is 3.95. The molecule has 8 nitrogen and oxygen atoms in total. The van der Waals surface area contributed by atoms with Crippen LogP contribution in [0.15, 0.2) is 53.6 Å². The summed E-state index contributed by atoms with van der Waals surface area (Å²) < 4.78 is 14.1. The Kier molecular flexibility index (Phi) is 5.70. The second kappa shape index (κ2) is 8.80. The molecule has 0 aliphatic carbocycles. The van der Waals surface area contributed by atoms with Crippen LogP contribution in [0.1, 0.15) is 13.3 Å². The summed E-state index contributed by atoms with van der Waals surface area (Å²) in [6.45, 7) is 3.68. The van der Waals surface area contributed by atoms with Crippen LogP contribution < -0.4 is 10.3 Å². The fraction of sp³-hybridized carbons (Fsp3) is 0.250. The van der Waals surface area contributed by atoms with Crippen molar-refractivity contribution in [2.24, 2.45) is 0 Å². The molecule has 3 aromatic heterocycles. The predicted octanol–water partition coefficient (Wildman–Crippen LogP) is 4.37. The molecule has 0 radical (unpaired) electrons. The third-order valence-corrected chi connectivity index (χ3v) is 5.81. The highest BCUT2D eigenvalue weighted by Crippen LogP contribution is 2.32. The van der Waals surface area contributed by atoms with Crippen molar-refractivity contribution in [2.75, 3.05) is 20.3 Å². The van der Waals surface area contributed by atoms with Gasteiger partial charge in [0.1, 0.15) is 16.7 Å². The molecule has 0 fully saturated rings. The summed E-state index contributed by atoms with van der Waals surface area (Å²) in [6, 6.07) is 13.0. The number of ether oxygens (including phenoxy) is 2. The number of fused-ring (bicyclic) bond motifs is 4. The molecule has 2 aromatic carbocycles. The smallest absolute Gasteiger partial charge is 0.265 e. The number of hydrogen-bond acceptors (Lipinski definition) is 6. The van der Waals surface area contributed by atoms with Gasteiger partial charge in [-0.1, -0.05) is 23.7 Å². The summed E-state index contributed by atoms with van der Waals surface area (Å²) in [7, 11) is 1.56. The van der Waals surface area contributed by atoms with Gasteiger partial charge in [0.2, 0.25) is 0 Å². The van der Waals surface area contributed by atoms with E-state index in [4.69, 9.17) is 31.0 Å². The molecule has 0 aliphatic rings. The largest absolute Gasteiger partial charge is 0.495 e. The van der Waals surface area contributed by atoms with Gasteiger partial charge >= 0.3 is 0 Å². The molecule has 0 amide bonds. The van der Waals surface area contributed by atoms with E-state index >= 15 is 0 Å². The average Bonchev–Trinajstić information content (AvgIpc) is 3.15. The van der Waals surface area contributed by atoms with Gasteiger partial charge in [-0.25, -0.2) is 15.0 Å². The standard InChI is InChI=1S/C24H22ClN5O3/c1-3-33-12-6-11-29-14-26-22-20(24(29)31)21-23(28-18-8-5-4-7-17(18)27-21)30(22)15-9-10-19(32-2)16(25)13-15/h4-5,7-10,13-14H,3,6,11-12H2,1-2H3. The number of rotatable bonds is 7. The third-order valence-electron chi connectivity index (χ3n) is 5.52. The lowest BCUT2D eigenvalue weighted by molar-refractivity contribution is 0.141. The minimum Gasteiger partial charge on any atom is -0.495 e. The van der Waals surface area contributed by atoms with Gasteiger partial charge in [-0.2, -0.15) is 0 Å². The van der Waals surface area contributed by atoms with E-state index < -0.39 is 0 Å². The predicted molar refractivity (Wildman–Crippen MR) is 129 cm³/mol. The molecule has 0 bridgehead atoms. The Labute approximate surface area is 194 Å². The maximum Gasteiger partial charge on any atom is 0.265 e. The molecular formula is C24H22ClN5O3. The molecule has 0 saturated heterocycles. The number of hydrogen-bond donors (Lipinski definition) is 0. The molecule has 5 rings (SSSR count). The molecule has 0 unspecified atom stereocenters. The van der Waals surface area contributed by atoms with Crippen LogP contribution in [-0.2, 0) is 11.3 Å². The van der Waals surface area contributed by atoms with Crippen LogP contribution in [0.25, 0.3) is 38.9 Å². The Bertz CT molecular complexity index is 1540. The van der Waals surface area contributed by atoms with Gasteiger partial charge in [-0.05, 0) is 43.7 Å². The number of methoxy groups -OCH3 is 1. The van der Waals surface area contributed by atoms with Crippen LogP contribution in [0.2, 0.25) is 5.02 Å². The summed E-state index contributed by atoms with van der Waals surface area (Å²) in [4.78, 5) is 27.8. The monoisotopic (exact) mass is 463 g/mol. The van der Waals surface area contributed by atoms with E-state index in [0.29, 0.717) is 70.4 Å². The van der Waals surface area contributed by atoms with Gasteiger partial charge < -0.3 is 9.47 Å². The normalized spacial score (nSPS) is 11.6. The van der Waals surface area contributed by atoms with Gasteiger partial charge in [0, 0.05) is 19.8 Å². The highest BCUT2D eigenvalue weighted by Gasteiger charge is 2.21. The molecule has 33 heavy (non-hydrogen) atoms. The van der Waals surface area contributed by atoms with Crippen molar-refractivity contribution in [1.82, 2.24) is 24.1 Å². The summed E-state index contributed by atoms with van der Waals surface area (Å²) in [5.41, 5.74) is 3.52. The third kappa shape index (κ3) is 3.71. The van der Waals surface area contributed by atoms with Crippen molar-refractivity contribution in [1.29, 1.82) is 0 Å². The minimum atomic E-state index is -0.163. The Balaban J connectivity index is 1.79. The summed E-state index contributed by atoms with van der Waals surface area (Å²) in [5.74, 6) is 0.558. The van der Waals surface area contributed by atoms with Gasteiger partial charge in [0.15, 0.2) is 11.3 Å². The van der Waals surface area contributed by atoms with Gasteiger partial charge in [0.25, 0.3) is 5.56 Å². The van der Waals surface area contributed by atoms with E-state index in [1.165, 1.54) is 0 Å². The number of benzene rings is 2. The van der Waals surface area contributed by atoms with Crippen molar-refractivity contribution < 1.29 is 9.47 Å². The zero-order chi connectivity index (χ0) is 22.9. The van der Waals surface area contributed by atoms with Crippen LogP contribution in [0.4, 0.5) is 0 Å². The topological polar surface area (TPSA) is 84.1 Å². The molecule has 0 spiro atoms. The summed E-state index contributed by atoms with van der Waals surface area (Å²) in [6.07, 6.45) is 2.28. The molecule has 9 heteroatoms. The SMILES string of the molecule is CCOCCCn1cnc2c(c1=O)c1nc3ccccc3nc1n2-c1ccc(OC)c(Cl)c1. The summed E-state index contributed by atoms with van der Waals surface area (Å²) in [5, 5.41) is 0.872. The highest BCUT2D eigenvalue weighted by atomic mass is 35.5. The van der Waals surface area contributed by atoms with E-state index in [-0.39, 0.29) is 5.56 Å². The highest BCUT2D eigenvalue weighted by molar-refractivity contribution is 6.32. The second-order valence-electron chi connectivity index (χ2n) is 7.53. The van der Waals surface area contributed by atoms with Crippen molar-refractivity contribution in [3.8, 4) is 11.4 Å². The van der Waals surface area contributed by atoms with E-state index in [1.54, 1.807) is 30.1 Å². The molecule has 168 valence electrons. The first-order chi connectivity index (χ1) is 16.1. The van der Waals surface area contributed by atoms with Gasteiger partial charge in [0.05, 0.1) is 35.2 Å². The van der Waals surface area contributed by atoms with Crippen LogP contribution in [0, 0.1) is 0 Å². The Morgan fingerprint density at radius 1 is 1.06 bits per heavy atom.